The topological polar surface area (TPSA) is 56.0 Å². The lowest BCUT2D eigenvalue weighted by atomic mass is 10.1. The highest BCUT2D eigenvalue weighted by atomic mass is 16.5. The van der Waals surface area contributed by atoms with Gasteiger partial charge in [-0.25, -0.2) is 0 Å². The van der Waals surface area contributed by atoms with E-state index in [-0.39, 0.29) is 0 Å². The molecule has 0 fully saturated rings. The molecule has 0 bridgehead atoms. The molecule has 0 amide bonds. The number of benzene rings is 1. The van der Waals surface area contributed by atoms with E-state index in [1.807, 2.05) is 0 Å². The Hall–Kier alpha value is -1.97. The largest absolute Gasteiger partial charge is 0.334 e. The van der Waals surface area contributed by atoms with Crippen LogP contribution in [-0.2, 0) is 0 Å². The Morgan fingerprint density at radius 3 is 3.00 bits per heavy atom. The van der Waals surface area contributed by atoms with Gasteiger partial charge in [0.05, 0.1) is 0 Å². The first-order valence-electron chi connectivity index (χ1n) is 3.72. The average molecular weight is 174 g/mol. The van der Waals surface area contributed by atoms with Crippen molar-refractivity contribution in [3.05, 3.63) is 36.2 Å². The van der Waals surface area contributed by atoms with E-state index in [1.54, 1.807) is 24.3 Å². The Bertz CT molecular complexity index is 409. The van der Waals surface area contributed by atoms with Crippen molar-refractivity contribution in [3.8, 4) is 11.5 Å². The van der Waals surface area contributed by atoms with Gasteiger partial charge < -0.3 is 4.52 Å². The molecule has 0 N–H and O–H groups in total. The van der Waals surface area contributed by atoms with E-state index in [0.717, 1.165) is 11.8 Å². The molecule has 1 aromatic carbocycles. The molecule has 0 radical (unpaired) electrons. The number of carbonyl (C=O) groups excluding carboxylic acids is 1. The minimum atomic E-state index is 0.420. The molecule has 0 saturated carbocycles. The smallest absolute Gasteiger partial charge is 0.257 e. The normalized spacial score (nSPS) is 9.85. The van der Waals surface area contributed by atoms with Gasteiger partial charge in [-0.15, -0.1) is 0 Å². The molecule has 0 saturated heterocycles. The van der Waals surface area contributed by atoms with Gasteiger partial charge in [0.1, 0.15) is 6.29 Å². The minimum absolute atomic E-state index is 0.420. The van der Waals surface area contributed by atoms with Crippen LogP contribution in [0, 0.1) is 0 Å². The van der Waals surface area contributed by atoms with Crippen molar-refractivity contribution in [2.45, 2.75) is 0 Å². The van der Waals surface area contributed by atoms with E-state index in [4.69, 9.17) is 4.52 Å². The summed E-state index contributed by atoms with van der Waals surface area (Å²) in [6.45, 7) is 0. The van der Waals surface area contributed by atoms with Gasteiger partial charge in [0.25, 0.3) is 5.89 Å². The molecule has 1 heterocycles. The van der Waals surface area contributed by atoms with Crippen molar-refractivity contribution >= 4 is 6.29 Å². The zero-order valence-corrected chi connectivity index (χ0v) is 6.68. The van der Waals surface area contributed by atoms with Crippen LogP contribution < -0.4 is 0 Å². The second-order valence-corrected chi connectivity index (χ2v) is 2.49. The number of aldehydes is 1. The first kappa shape index (κ1) is 7.67. The summed E-state index contributed by atoms with van der Waals surface area (Å²) in [6.07, 6.45) is 2.10. The van der Waals surface area contributed by atoms with E-state index < -0.39 is 0 Å². The maximum atomic E-state index is 10.5. The van der Waals surface area contributed by atoms with E-state index in [9.17, 15) is 4.79 Å². The highest BCUT2D eigenvalue weighted by molar-refractivity contribution is 5.77. The van der Waals surface area contributed by atoms with Gasteiger partial charge in [0, 0.05) is 11.1 Å². The summed E-state index contributed by atoms with van der Waals surface area (Å²) in [5, 5.41) is 3.48. The molecule has 0 aliphatic carbocycles. The van der Waals surface area contributed by atoms with Crippen molar-refractivity contribution in [3.63, 3.8) is 0 Å². The minimum Gasteiger partial charge on any atom is -0.334 e. The molecule has 0 aliphatic heterocycles. The molecule has 0 aliphatic rings. The SMILES string of the molecule is O=Cc1cccc(-c2ncno2)c1. The van der Waals surface area contributed by atoms with Crippen LogP contribution in [0.1, 0.15) is 10.4 Å². The summed E-state index contributed by atoms with van der Waals surface area (Å²) in [5.74, 6) is 0.420. The Balaban J connectivity index is 2.47. The second kappa shape index (κ2) is 3.18. The summed E-state index contributed by atoms with van der Waals surface area (Å²) in [5.41, 5.74) is 1.35. The zero-order valence-electron chi connectivity index (χ0n) is 6.68. The van der Waals surface area contributed by atoms with Crippen LogP contribution >= 0.6 is 0 Å². The molecule has 0 unspecified atom stereocenters. The number of hydrogen-bond donors (Lipinski definition) is 0. The summed E-state index contributed by atoms with van der Waals surface area (Å²) in [4.78, 5) is 14.3. The average Bonchev–Trinajstić information content (AvgIpc) is 2.71. The Morgan fingerprint density at radius 1 is 1.38 bits per heavy atom. The number of aromatic nitrogens is 2. The van der Waals surface area contributed by atoms with Crippen molar-refractivity contribution in [1.82, 2.24) is 10.1 Å². The first-order chi connectivity index (χ1) is 6.40. The van der Waals surface area contributed by atoms with Crippen molar-refractivity contribution in [2.75, 3.05) is 0 Å². The summed E-state index contributed by atoms with van der Waals surface area (Å²) >= 11 is 0. The lowest BCUT2D eigenvalue weighted by molar-refractivity contribution is 0.112. The Kier molecular flexibility index (Phi) is 1.88. The second-order valence-electron chi connectivity index (χ2n) is 2.49. The number of nitrogens with zero attached hydrogens (tertiary/aromatic N) is 2. The third-order valence-corrected chi connectivity index (χ3v) is 1.63. The zero-order chi connectivity index (χ0) is 9.10. The fourth-order valence-corrected chi connectivity index (χ4v) is 1.05. The monoisotopic (exact) mass is 174 g/mol. The van der Waals surface area contributed by atoms with E-state index >= 15 is 0 Å². The summed E-state index contributed by atoms with van der Waals surface area (Å²) in [6, 6.07) is 6.98. The predicted molar refractivity (Wildman–Crippen MR) is 45.1 cm³/mol. The molecular formula is C9H6N2O2. The fraction of sp³-hybridized carbons (Fsp3) is 0. The lowest BCUT2D eigenvalue weighted by Gasteiger charge is -1.93. The van der Waals surface area contributed by atoms with E-state index in [0.29, 0.717) is 11.5 Å². The molecule has 64 valence electrons. The van der Waals surface area contributed by atoms with Gasteiger partial charge in [0.2, 0.25) is 0 Å². The predicted octanol–water partition coefficient (Wildman–Crippen LogP) is 1.55. The summed E-state index contributed by atoms with van der Waals surface area (Å²) < 4.78 is 4.84. The molecule has 0 spiro atoms. The molecule has 4 heteroatoms. The third kappa shape index (κ3) is 1.46. The quantitative estimate of drug-likeness (QED) is 0.648. The summed E-state index contributed by atoms with van der Waals surface area (Å²) in [7, 11) is 0. The standard InChI is InChI=1S/C9H6N2O2/c12-5-7-2-1-3-8(4-7)9-10-6-11-13-9/h1-6H. The van der Waals surface area contributed by atoms with Crippen LogP contribution in [0.2, 0.25) is 0 Å². The molecule has 2 aromatic rings. The van der Waals surface area contributed by atoms with Gasteiger partial charge in [0.15, 0.2) is 6.33 Å². The van der Waals surface area contributed by atoms with Crippen molar-refractivity contribution < 1.29 is 9.32 Å². The van der Waals surface area contributed by atoms with Gasteiger partial charge in [-0.2, -0.15) is 4.98 Å². The van der Waals surface area contributed by atoms with Crippen LogP contribution in [0.4, 0.5) is 0 Å². The molecule has 13 heavy (non-hydrogen) atoms. The van der Waals surface area contributed by atoms with E-state index in [1.165, 1.54) is 6.33 Å². The molecule has 0 atom stereocenters. The first-order valence-corrected chi connectivity index (χ1v) is 3.72. The highest BCUT2D eigenvalue weighted by Crippen LogP contribution is 2.16. The van der Waals surface area contributed by atoms with E-state index in [2.05, 4.69) is 10.1 Å². The Labute approximate surface area is 74.2 Å². The molecule has 2 rings (SSSR count). The van der Waals surface area contributed by atoms with Crippen LogP contribution in [0.3, 0.4) is 0 Å². The number of hydrogen-bond acceptors (Lipinski definition) is 4. The van der Waals surface area contributed by atoms with Crippen LogP contribution in [0.15, 0.2) is 35.1 Å². The van der Waals surface area contributed by atoms with Crippen molar-refractivity contribution in [1.29, 1.82) is 0 Å². The van der Waals surface area contributed by atoms with Gasteiger partial charge >= 0.3 is 0 Å². The molecular weight excluding hydrogens is 168 g/mol. The number of rotatable bonds is 2. The highest BCUT2D eigenvalue weighted by Gasteiger charge is 2.02. The van der Waals surface area contributed by atoms with Crippen molar-refractivity contribution in [2.24, 2.45) is 0 Å². The van der Waals surface area contributed by atoms with Crippen LogP contribution in [0.25, 0.3) is 11.5 Å². The fourth-order valence-electron chi connectivity index (χ4n) is 1.05. The molecule has 4 nitrogen and oxygen atoms in total. The Morgan fingerprint density at radius 2 is 2.31 bits per heavy atom. The lowest BCUT2D eigenvalue weighted by Crippen LogP contribution is -1.81. The van der Waals surface area contributed by atoms with Crippen LogP contribution in [-0.4, -0.2) is 16.4 Å². The third-order valence-electron chi connectivity index (χ3n) is 1.63. The number of carbonyl (C=O) groups is 1. The maximum Gasteiger partial charge on any atom is 0.257 e. The van der Waals surface area contributed by atoms with Gasteiger partial charge in [-0.1, -0.05) is 17.3 Å². The van der Waals surface area contributed by atoms with Gasteiger partial charge in [-0.3, -0.25) is 4.79 Å². The maximum absolute atomic E-state index is 10.5. The molecule has 1 aromatic heterocycles. The van der Waals surface area contributed by atoms with Gasteiger partial charge in [-0.05, 0) is 12.1 Å². The van der Waals surface area contributed by atoms with Crippen LogP contribution in [0.5, 0.6) is 0 Å².